The molecular formula is C14H27BrN2. The molecule has 100 valence electrons. The molecule has 2 aliphatic rings. The second-order valence-electron chi connectivity index (χ2n) is 6.31. The van der Waals surface area contributed by atoms with Crippen LogP contribution in [0.5, 0.6) is 0 Å². The maximum Gasteiger partial charge on any atom is 0.0113 e. The van der Waals surface area contributed by atoms with E-state index in [1.165, 1.54) is 63.5 Å². The summed E-state index contributed by atoms with van der Waals surface area (Å²) in [7, 11) is 4.44. The molecule has 0 unspecified atom stereocenters. The molecule has 1 aliphatic carbocycles. The zero-order chi connectivity index (χ0) is 12.3. The van der Waals surface area contributed by atoms with E-state index in [1.54, 1.807) is 0 Å². The second-order valence-corrected chi connectivity index (χ2v) is 6.87. The molecule has 0 spiro atoms. The Hall–Kier alpha value is 0.400. The standard InChI is InChI=1S/C14H27BrN2/c1-16(2)13-5-9-17(10-6-13)12-14(11-15)7-3-4-8-14/h13H,3-12H2,1-2H3. The molecule has 1 heterocycles. The molecule has 0 aromatic carbocycles. The van der Waals surface area contributed by atoms with Crippen molar-refractivity contribution in [2.75, 3.05) is 39.1 Å². The van der Waals surface area contributed by atoms with Crippen LogP contribution in [0.4, 0.5) is 0 Å². The van der Waals surface area contributed by atoms with E-state index in [-0.39, 0.29) is 0 Å². The van der Waals surface area contributed by atoms with Crippen LogP contribution in [0.25, 0.3) is 0 Å². The molecule has 1 saturated carbocycles. The Bertz CT molecular complexity index is 228. The summed E-state index contributed by atoms with van der Waals surface area (Å²) in [5.41, 5.74) is 0.602. The van der Waals surface area contributed by atoms with Gasteiger partial charge in [-0.3, -0.25) is 0 Å². The third kappa shape index (κ3) is 3.45. The first-order valence-corrected chi connectivity index (χ1v) is 8.22. The molecule has 17 heavy (non-hydrogen) atoms. The van der Waals surface area contributed by atoms with Gasteiger partial charge in [-0.05, 0) is 58.3 Å². The van der Waals surface area contributed by atoms with Crippen molar-refractivity contribution in [3.05, 3.63) is 0 Å². The zero-order valence-corrected chi connectivity index (χ0v) is 13.0. The Kier molecular flexibility index (Phi) is 4.90. The number of rotatable bonds is 4. The maximum absolute atomic E-state index is 3.76. The highest BCUT2D eigenvalue weighted by atomic mass is 79.9. The zero-order valence-electron chi connectivity index (χ0n) is 11.4. The number of halogens is 1. The van der Waals surface area contributed by atoms with Crippen molar-refractivity contribution in [2.45, 2.75) is 44.6 Å². The lowest BCUT2D eigenvalue weighted by atomic mass is 9.87. The average molecular weight is 303 g/mol. The fourth-order valence-electron chi connectivity index (χ4n) is 3.53. The van der Waals surface area contributed by atoms with Crippen molar-refractivity contribution >= 4 is 15.9 Å². The molecule has 3 heteroatoms. The summed E-state index contributed by atoms with van der Waals surface area (Å²) in [6.45, 7) is 3.94. The Morgan fingerprint density at radius 3 is 2.24 bits per heavy atom. The van der Waals surface area contributed by atoms with Crippen LogP contribution in [0.15, 0.2) is 0 Å². The summed E-state index contributed by atoms with van der Waals surface area (Å²) in [6, 6.07) is 0.815. The SMILES string of the molecule is CN(C)C1CCN(CC2(CBr)CCCC2)CC1. The normalized spacial score (nSPS) is 26.8. The van der Waals surface area contributed by atoms with Gasteiger partial charge in [0.15, 0.2) is 0 Å². The Labute approximate surface area is 115 Å². The van der Waals surface area contributed by atoms with Crippen LogP contribution in [0, 0.1) is 5.41 Å². The first-order chi connectivity index (χ1) is 8.15. The van der Waals surface area contributed by atoms with E-state index >= 15 is 0 Å². The molecule has 0 aromatic heterocycles. The van der Waals surface area contributed by atoms with Crippen LogP contribution in [0.3, 0.4) is 0 Å². The fraction of sp³-hybridized carbons (Fsp3) is 1.00. The summed E-state index contributed by atoms with van der Waals surface area (Å²) in [4.78, 5) is 5.11. The first-order valence-electron chi connectivity index (χ1n) is 7.10. The highest BCUT2D eigenvalue weighted by molar-refractivity contribution is 9.09. The molecule has 2 rings (SSSR count). The van der Waals surface area contributed by atoms with Crippen molar-refractivity contribution in [1.29, 1.82) is 0 Å². The third-order valence-corrected chi connectivity index (χ3v) is 5.98. The van der Waals surface area contributed by atoms with E-state index < -0.39 is 0 Å². The van der Waals surface area contributed by atoms with E-state index in [4.69, 9.17) is 0 Å². The van der Waals surface area contributed by atoms with Gasteiger partial charge in [-0.15, -0.1) is 0 Å². The van der Waals surface area contributed by atoms with Gasteiger partial charge in [-0.2, -0.15) is 0 Å². The van der Waals surface area contributed by atoms with Crippen molar-refractivity contribution in [3.63, 3.8) is 0 Å². The lowest BCUT2D eigenvalue weighted by molar-refractivity contribution is 0.105. The Morgan fingerprint density at radius 1 is 1.18 bits per heavy atom. The molecule has 0 aromatic rings. The topological polar surface area (TPSA) is 6.48 Å². The summed E-state index contributed by atoms with van der Waals surface area (Å²) >= 11 is 3.76. The average Bonchev–Trinajstić information content (AvgIpc) is 2.79. The van der Waals surface area contributed by atoms with Gasteiger partial charge in [0, 0.05) is 17.9 Å². The van der Waals surface area contributed by atoms with E-state index in [0.717, 1.165) is 6.04 Å². The van der Waals surface area contributed by atoms with Gasteiger partial charge < -0.3 is 9.80 Å². The minimum absolute atomic E-state index is 0.602. The minimum Gasteiger partial charge on any atom is -0.306 e. The van der Waals surface area contributed by atoms with Crippen molar-refractivity contribution in [1.82, 2.24) is 9.80 Å². The summed E-state index contributed by atoms with van der Waals surface area (Å²) < 4.78 is 0. The summed E-state index contributed by atoms with van der Waals surface area (Å²) in [5.74, 6) is 0. The highest BCUT2D eigenvalue weighted by Crippen LogP contribution is 2.40. The van der Waals surface area contributed by atoms with Gasteiger partial charge >= 0.3 is 0 Å². The van der Waals surface area contributed by atoms with Crippen LogP contribution in [0.1, 0.15) is 38.5 Å². The third-order valence-electron chi connectivity index (χ3n) is 4.79. The molecule has 0 radical (unpaired) electrons. The number of alkyl halides is 1. The lowest BCUT2D eigenvalue weighted by Crippen LogP contribution is -2.46. The predicted octanol–water partition coefficient (Wildman–Crippen LogP) is 2.97. The minimum atomic E-state index is 0.602. The van der Waals surface area contributed by atoms with Crippen LogP contribution < -0.4 is 0 Å². The monoisotopic (exact) mass is 302 g/mol. The molecule has 0 N–H and O–H groups in total. The van der Waals surface area contributed by atoms with E-state index in [0.29, 0.717) is 5.41 Å². The van der Waals surface area contributed by atoms with Crippen LogP contribution >= 0.6 is 15.9 Å². The molecule has 2 fully saturated rings. The molecule has 0 bridgehead atoms. The van der Waals surface area contributed by atoms with Crippen LogP contribution in [0.2, 0.25) is 0 Å². The van der Waals surface area contributed by atoms with E-state index in [2.05, 4.69) is 39.8 Å². The molecule has 1 saturated heterocycles. The molecule has 0 amide bonds. The number of hydrogen-bond donors (Lipinski definition) is 0. The predicted molar refractivity (Wildman–Crippen MR) is 77.8 cm³/mol. The van der Waals surface area contributed by atoms with Gasteiger partial charge in [0.25, 0.3) is 0 Å². The molecule has 2 nitrogen and oxygen atoms in total. The fourth-order valence-corrected chi connectivity index (χ4v) is 4.27. The maximum atomic E-state index is 3.76. The van der Waals surface area contributed by atoms with Gasteiger partial charge in [-0.1, -0.05) is 28.8 Å². The van der Waals surface area contributed by atoms with E-state index in [9.17, 15) is 0 Å². The van der Waals surface area contributed by atoms with Gasteiger partial charge in [-0.25, -0.2) is 0 Å². The highest BCUT2D eigenvalue weighted by Gasteiger charge is 2.35. The largest absolute Gasteiger partial charge is 0.306 e. The first kappa shape index (κ1) is 13.8. The van der Waals surface area contributed by atoms with E-state index in [1.807, 2.05) is 0 Å². The number of likely N-dealkylation sites (tertiary alicyclic amines) is 1. The molecule has 0 atom stereocenters. The summed E-state index contributed by atoms with van der Waals surface area (Å²) in [5, 5.41) is 1.20. The van der Waals surface area contributed by atoms with Gasteiger partial charge in [0.1, 0.15) is 0 Å². The smallest absolute Gasteiger partial charge is 0.0113 e. The van der Waals surface area contributed by atoms with Crippen molar-refractivity contribution < 1.29 is 0 Å². The number of nitrogens with zero attached hydrogens (tertiary/aromatic N) is 2. The second kappa shape index (κ2) is 6.03. The lowest BCUT2D eigenvalue weighted by Gasteiger charge is -2.40. The Morgan fingerprint density at radius 2 is 1.76 bits per heavy atom. The van der Waals surface area contributed by atoms with Crippen molar-refractivity contribution in [3.8, 4) is 0 Å². The van der Waals surface area contributed by atoms with Crippen molar-refractivity contribution in [2.24, 2.45) is 5.41 Å². The van der Waals surface area contributed by atoms with Gasteiger partial charge in [0.2, 0.25) is 0 Å². The quantitative estimate of drug-likeness (QED) is 0.737. The number of piperidine rings is 1. The van der Waals surface area contributed by atoms with Crippen LogP contribution in [-0.4, -0.2) is 54.9 Å². The molecular weight excluding hydrogens is 276 g/mol. The van der Waals surface area contributed by atoms with Gasteiger partial charge in [0.05, 0.1) is 0 Å². The molecule has 1 aliphatic heterocycles. The Balaban J connectivity index is 1.81. The van der Waals surface area contributed by atoms with Crippen LogP contribution in [-0.2, 0) is 0 Å². The summed E-state index contributed by atoms with van der Waals surface area (Å²) in [6.07, 6.45) is 8.47. The number of hydrogen-bond acceptors (Lipinski definition) is 2.